The molecule has 0 spiro atoms. The van der Waals surface area contributed by atoms with Crippen LogP contribution in [0.4, 0.5) is 0 Å². The molecule has 4 rings (SSSR count). The SMILES string of the molecule is Cn1c(=O)[nH]c2cc(C(=O)CCCCCl)ccc21.Cn1c(=O)[nH]c2ccc(C(=O)CCCCCl)cc21. The number of hydrogen-bond acceptors (Lipinski definition) is 4. The number of alkyl halides is 2. The van der Waals surface area contributed by atoms with Crippen molar-refractivity contribution >= 4 is 56.8 Å². The van der Waals surface area contributed by atoms with Crippen LogP contribution >= 0.6 is 23.2 Å². The van der Waals surface area contributed by atoms with Gasteiger partial charge in [0.1, 0.15) is 0 Å². The number of ketones is 2. The minimum atomic E-state index is -0.170. The van der Waals surface area contributed by atoms with Gasteiger partial charge < -0.3 is 9.97 Å². The summed E-state index contributed by atoms with van der Waals surface area (Å²) >= 11 is 11.2. The second kappa shape index (κ2) is 12.7. The van der Waals surface area contributed by atoms with Gasteiger partial charge in [-0.3, -0.25) is 18.7 Å². The lowest BCUT2D eigenvalue weighted by Gasteiger charge is -2.01. The summed E-state index contributed by atoms with van der Waals surface area (Å²) < 4.78 is 3.03. The Balaban J connectivity index is 0.000000201. The highest BCUT2D eigenvalue weighted by molar-refractivity contribution is 6.18. The lowest BCUT2D eigenvalue weighted by molar-refractivity contribution is 0.0972. The summed E-state index contributed by atoms with van der Waals surface area (Å²) in [7, 11) is 3.38. The van der Waals surface area contributed by atoms with E-state index in [0.29, 0.717) is 41.2 Å². The van der Waals surface area contributed by atoms with E-state index in [9.17, 15) is 19.2 Å². The zero-order valence-electron chi connectivity index (χ0n) is 20.4. The highest BCUT2D eigenvalue weighted by Gasteiger charge is 2.10. The molecule has 0 bridgehead atoms. The van der Waals surface area contributed by atoms with E-state index in [1.54, 1.807) is 50.5 Å². The highest BCUT2D eigenvalue weighted by Crippen LogP contribution is 2.16. The van der Waals surface area contributed by atoms with Crippen molar-refractivity contribution in [3.8, 4) is 0 Å². The van der Waals surface area contributed by atoms with E-state index < -0.39 is 0 Å². The maximum absolute atomic E-state index is 11.9. The molecule has 2 heterocycles. The molecule has 2 aromatic carbocycles. The van der Waals surface area contributed by atoms with E-state index in [0.717, 1.165) is 42.2 Å². The van der Waals surface area contributed by atoms with Crippen LogP contribution in [0, 0.1) is 0 Å². The minimum Gasteiger partial charge on any atom is -0.306 e. The molecular weight excluding hydrogens is 503 g/mol. The van der Waals surface area contributed by atoms with Gasteiger partial charge in [-0.25, -0.2) is 9.59 Å². The van der Waals surface area contributed by atoms with Crippen LogP contribution < -0.4 is 11.4 Å². The first-order valence-corrected chi connectivity index (χ1v) is 12.9. The average Bonchev–Trinajstić information content (AvgIpc) is 3.32. The zero-order valence-corrected chi connectivity index (χ0v) is 21.9. The second-order valence-corrected chi connectivity index (χ2v) is 9.34. The molecule has 2 N–H and O–H groups in total. The molecule has 0 fully saturated rings. The summed E-state index contributed by atoms with van der Waals surface area (Å²) in [5.41, 5.74) is 3.95. The summed E-state index contributed by atoms with van der Waals surface area (Å²) in [6.07, 6.45) is 4.28. The monoisotopic (exact) mass is 532 g/mol. The molecule has 0 saturated heterocycles. The molecule has 36 heavy (non-hydrogen) atoms. The first-order chi connectivity index (χ1) is 17.3. The maximum Gasteiger partial charge on any atom is 0.326 e. The van der Waals surface area contributed by atoms with Gasteiger partial charge in [-0.1, -0.05) is 0 Å². The highest BCUT2D eigenvalue weighted by atomic mass is 35.5. The molecule has 0 unspecified atom stereocenters. The number of carbonyl (C=O) groups is 2. The van der Waals surface area contributed by atoms with Gasteiger partial charge in [0, 0.05) is 49.8 Å². The van der Waals surface area contributed by atoms with E-state index in [2.05, 4.69) is 9.97 Å². The lowest BCUT2D eigenvalue weighted by atomic mass is 10.1. The number of carbonyl (C=O) groups excluding carboxylic acids is 2. The van der Waals surface area contributed by atoms with E-state index in [4.69, 9.17) is 23.2 Å². The molecule has 0 aliphatic carbocycles. The van der Waals surface area contributed by atoms with Crippen molar-refractivity contribution in [2.24, 2.45) is 14.1 Å². The number of aromatic nitrogens is 4. The van der Waals surface area contributed by atoms with Crippen molar-refractivity contribution in [3.63, 3.8) is 0 Å². The quantitative estimate of drug-likeness (QED) is 0.171. The van der Waals surface area contributed by atoms with Crippen molar-refractivity contribution in [1.29, 1.82) is 0 Å². The first kappa shape index (κ1) is 27.5. The normalized spacial score (nSPS) is 11.0. The fourth-order valence-corrected chi connectivity index (χ4v) is 4.23. The second-order valence-electron chi connectivity index (χ2n) is 8.58. The zero-order chi connectivity index (χ0) is 26.2. The minimum absolute atomic E-state index is 0.0896. The Morgan fingerprint density at radius 3 is 1.78 bits per heavy atom. The van der Waals surface area contributed by atoms with Gasteiger partial charge in [-0.15, -0.1) is 23.2 Å². The summed E-state index contributed by atoms with van der Waals surface area (Å²) in [4.78, 5) is 52.2. The Morgan fingerprint density at radius 2 is 1.19 bits per heavy atom. The number of H-pyrrole nitrogens is 2. The van der Waals surface area contributed by atoms with Gasteiger partial charge in [-0.05, 0) is 62.1 Å². The molecule has 0 aliphatic rings. The molecule has 0 amide bonds. The number of nitrogens with zero attached hydrogens (tertiary/aromatic N) is 2. The van der Waals surface area contributed by atoms with Crippen LogP contribution in [0.25, 0.3) is 22.1 Å². The van der Waals surface area contributed by atoms with E-state index in [-0.39, 0.29) is 22.9 Å². The van der Waals surface area contributed by atoms with Crippen LogP contribution in [0.5, 0.6) is 0 Å². The number of Topliss-reactive ketones (excluding diaryl/α,β-unsaturated/α-hetero) is 2. The van der Waals surface area contributed by atoms with E-state index >= 15 is 0 Å². The van der Waals surface area contributed by atoms with Crippen molar-refractivity contribution in [2.75, 3.05) is 11.8 Å². The molecule has 0 aliphatic heterocycles. The van der Waals surface area contributed by atoms with Crippen molar-refractivity contribution < 1.29 is 9.59 Å². The molecular formula is C26H30Cl2N4O4. The molecule has 4 aromatic rings. The molecule has 0 radical (unpaired) electrons. The number of halogens is 2. The summed E-state index contributed by atoms with van der Waals surface area (Å²) in [5, 5.41) is 0. The van der Waals surface area contributed by atoms with Gasteiger partial charge in [0.2, 0.25) is 0 Å². The topological polar surface area (TPSA) is 110 Å². The van der Waals surface area contributed by atoms with Crippen LogP contribution in [-0.4, -0.2) is 42.4 Å². The van der Waals surface area contributed by atoms with Crippen LogP contribution in [0.1, 0.15) is 59.2 Å². The third-order valence-corrected chi connectivity index (χ3v) is 6.56. The number of aryl methyl sites for hydroxylation is 2. The van der Waals surface area contributed by atoms with E-state index in [1.165, 1.54) is 9.13 Å². The lowest BCUT2D eigenvalue weighted by Crippen LogP contribution is -2.11. The average molecular weight is 533 g/mol. The number of hydrogen-bond donors (Lipinski definition) is 2. The van der Waals surface area contributed by atoms with Crippen molar-refractivity contribution in [1.82, 2.24) is 19.1 Å². The van der Waals surface area contributed by atoms with Crippen LogP contribution in [0.15, 0.2) is 46.0 Å². The number of benzene rings is 2. The summed E-state index contributed by atoms with van der Waals surface area (Å²) in [6, 6.07) is 10.6. The predicted octanol–water partition coefficient (Wildman–Crippen LogP) is 4.92. The van der Waals surface area contributed by atoms with Crippen LogP contribution in [0.2, 0.25) is 0 Å². The van der Waals surface area contributed by atoms with Crippen LogP contribution in [-0.2, 0) is 14.1 Å². The third kappa shape index (κ3) is 6.56. The third-order valence-electron chi connectivity index (χ3n) is 6.03. The number of unbranched alkanes of at least 4 members (excludes halogenated alkanes) is 2. The molecule has 10 heteroatoms. The summed E-state index contributed by atoms with van der Waals surface area (Å²) in [6.45, 7) is 0. The molecule has 8 nitrogen and oxygen atoms in total. The van der Waals surface area contributed by atoms with Gasteiger partial charge in [0.15, 0.2) is 11.6 Å². The van der Waals surface area contributed by atoms with Crippen LogP contribution in [0.3, 0.4) is 0 Å². The smallest absolute Gasteiger partial charge is 0.306 e. The van der Waals surface area contributed by atoms with Gasteiger partial charge in [-0.2, -0.15) is 0 Å². The van der Waals surface area contributed by atoms with Gasteiger partial charge >= 0.3 is 11.4 Å². The largest absolute Gasteiger partial charge is 0.326 e. The molecule has 0 atom stereocenters. The Labute approximate surface area is 218 Å². The fourth-order valence-electron chi connectivity index (χ4n) is 3.86. The maximum atomic E-state index is 11.9. The Hall–Kier alpha value is -3.10. The molecule has 0 saturated carbocycles. The van der Waals surface area contributed by atoms with E-state index in [1.807, 2.05) is 0 Å². The Bertz CT molecular complexity index is 1480. The standard InChI is InChI=1S/2C13H15ClN2O2/c1-16-11-6-5-9(8-10(11)15-13(16)18)12(17)4-2-3-7-14;1-16-11-8-9(12(17)4-2-3-7-14)5-6-10(11)15-13(16)18/h2*5-6,8H,2-4,7H2,1H3,(H,15,18). The first-order valence-electron chi connectivity index (χ1n) is 11.8. The Kier molecular flexibility index (Phi) is 9.73. The predicted molar refractivity (Wildman–Crippen MR) is 145 cm³/mol. The number of fused-ring (bicyclic) bond motifs is 2. The number of aromatic amines is 2. The number of imidazole rings is 2. The molecule has 2 aromatic heterocycles. The molecule has 192 valence electrons. The number of nitrogens with one attached hydrogen (secondary N) is 2. The van der Waals surface area contributed by atoms with Crippen molar-refractivity contribution in [2.45, 2.75) is 38.5 Å². The van der Waals surface area contributed by atoms with Gasteiger partial charge in [0.25, 0.3) is 0 Å². The van der Waals surface area contributed by atoms with Crippen molar-refractivity contribution in [3.05, 3.63) is 68.5 Å². The number of rotatable bonds is 10. The van der Waals surface area contributed by atoms with Gasteiger partial charge in [0.05, 0.1) is 22.1 Å². The Morgan fingerprint density at radius 1 is 0.694 bits per heavy atom. The fraction of sp³-hybridized carbons (Fsp3) is 0.385. The summed E-state index contributed by atoms with van der Waals surface area (Å²) in [5.74, 6) is 1.35.